The van der Waals surface area contributed by atoms with E-state index in [2.05, 4.69) is 15.9 Å². The average molecular weight is 456 g/mol. The molecule has 2 aromatic rings. The van der Waals surface area contributed by atoms with Crippen molar-refractivity contribution in [2.75, 3.05) is 26.2 Å². The van der Waals surface area contributed by atoms with E-state index in [9.17, 15) is 9.59 Å². The van der Waals surface area contributed by atoms with Crippen LogP contribution in [0.15, 0.2) is 46.9 Å². The summed E-state index contributed by atoms with van der Waals surface area (Å²) in [6.07, 6.45) is 0.306. The first kappa shape index (κ1) is 19.2. The van der Waals surface area contributed by atoms with E-state index in [1.807, 2.05) is 6.07 Å². The minimum Gasteiger partial charge on any atom is -0.339 e. The predicted molar refractivity (Wildman–Crippen MR) is 107 cm³/mol. The average Bonchev–Trinajstić information content (AvgIpc) is 2.63. The van der Waals surface area contributed by atoms with Crippen LogP contribution in [0.5, 0.6) is 0 Å². The number of piperazine rings is 1. The molecular weight excluding hydrogens is 439 g/mol. The number of amides is 2. The largest absolute Gasteiger partial charge is 0.339 e. The molecule has 1 aliphatic heterocycles. The maximum absolute atomic E-state index is 12.5. The van der Waals surface area contributed by atoms with Gasteiger partial charge in [-0.1, -0.05) is 51.3 Å². The van der Waals surface area contributed by atoms with Gasteiger partial charge in [0.15, 0.2) is 0 Å². The van der Waals surface area contributed by atoms with Crippen molar-refractivity contribution in [3.8, 4) is 0 Å². The van der Waals surface area contributed by atoms with E-state index >= 15 is 0 Å². The second-order valence-corrected chi connectivity index (χ2v) is 7.82. The standard InChI is InChI=1S/C19H17BrCl2N2O2/c20-17-12-16(22)5-4-13(17)11-18(25)23-6-8-24(9-7-23)19(26)14-2-1-3-15(21)10-14/h1-5,10,12H,6-9,11H2. The Morgan fingerprint density at radius 3 is 2.23 bits per heavy atom. The summed E-state index contributed by atoms with van der Waals surface area (Å²) in [5, 5.41) is 1.17. The topological polar surface area (TPSA) is 40.6 Å². The lowest BCUT2D eigenvalue weighted by Gasteiger charge is -2.35. The monoisotopic (exact) mass is 454 g/mol. The van der Waals surface area contributed by atoms with Crippen molar-refractivity contribution < 1.29 is 9.59 Å². The van der Waals surface area contributed by atoms with E-state index in [0.717, 1.165) is 10.0 Å². The van der Waals surface area contributed by atoms with Crippen LogP contribution in [-0.2, 0) is 11.2 Å². The normalized spacial score (nSPS) is 14.4. The molecular formula is C19H17BrCl2N2O2. The lowest BCUT2D eigenvalue weighted by atomic mass is 10.1. The summed E-state index contributed by atoms with van der Waals surface area (Å²) in [6.45, 7) is 2.07. The van der Waals surface area contributed by atoms with Gasteiger partial charge in [-0.15, -0.1) is 0 Å². The molecule has 1 saturated heterocycles. The smallest absolute Gasteiger partial charge is 0.254 e. The van der Waals surface area contributed by atoms with E-state index in [0.29, 0.717) is 48.2 Å². The molecule has 0 bridgehead atoms. The second-order valence-electron chi connectivity index (χ2n) is 6.10. The lowest BCUT2D eigenvalue weighted by molar-refractivity contribution is -0.131. The Balaban J connectivity index is 1.57. The number of rotatable bonds is 3. The molecule has 1 fully saturated rings. The third kappa shape index (κ3) is 4.58. The molecule has 26 heavy (non-hydrogen) atoms. The Hall–Kier alpha value is -1.56. The zero-order valence-corrected chi connectivity index (χ0v) is 17.0. The van der Waals surface area contributed by atoms with Crippen molar-refractivity contribution in [3.63, 3.8) is 0 Å². The molecule has 0 unspecified atom stereocenters. The zero-order chi connectivity index (χ0) is 18.7. The van der Waals surface area contributed by atoms with Gasteiger partial charge >= 0.3 is 0 Å². The van der Waals surface area contributed by atoms with Crippen molar-refractivity contribution in [3.05, 3.63) is 68.1 Å². The first-order valence-electron chi connectivity index (χ1n) is 8.20. The number of benzene rings is 2. The van der Waals surface area contributed by atoms with E-state index in [4.69, 9.17) is 23.2 Å². The molecule has 1 heterocycles. The second kappa shape index (κ2) is 8.42. The van der Waals surface area contributed by atoms with E-state index in [1.54, 1.807) is 46.2 Å². The van der Waals surface area contributed by atoms with Crippen LogP contribution >= 0.6 is 39.1 Å². The number of hydrogen-bond donors (Lipinski definition) is 0. The van der Waals surface area contributed by atoms with Crippen molar-refractivity contribution in [1.29, 1.82) is 0 Å². The van der Waals surface area contributed by atoms with Crippen LogP contribution in [0.3, 0.4) is 0 Å². The van der Waals surface area contributed by atoms with Gasteiger partial charge in [0, 0.05) is 46.3 Å². The molecule has 136 valence electrons. The number of hydrogen-bond acceptors (Lipinski definition) is 2. The molecule has 2 aromatic carbocycles. The van der Waals surface area contributed by atoms with Gasteiger partial charge in [0.1, 0.15) is 0 Å². The summed E-state index contributed by atoms with van der Waals surface area (Å²) in [7, 11) is 0. The molecule has 7 heteroatoms. The fourth-order valence-corrected chi connectivity index (χ4v) is 3.92. The van der Waals surface area contributed by atoms with Gasteiger partial charge in [0.2, 0.25) is 5.91 Å². The maximum atomic E-state index is 12.5. The number of carbonyl (C=O) groups is 2. The van der Waals surface area contributed by atoms with Crippen LogP contribution in [0, 0.1) is 0 Å². The fraction of sp³-hybridized carbons (Fsp3) is 0.263. The third-order valence-electron chi connectivity index (χ3n) is 4.35. The minimum atomic E-state index is -0.0555. The summed E-state index contributed by atoms with van der Waals surface area (Å²) in [6, 6.07) is 12.3. The first-order chi connectivity index (χ1) is 12.4. The van der Waals surface area contributed by atoms with Gasteiger partial charge in [-0.05, 0) is 35.9 Å². The van der Waals surface area contributed by atoms with Gasteiger partial charge in [0.05, 0.1) is 6.42 Å². The highest BCUT2D eigenvalue weighted by Crippen LogP contribution is 2.23. The summed E-state index contributed by atoms with van der Waals surface area (Å²) in [4.78, 5) is 28.6. The number of nitrogens with zero attached hydrogens (tertiary/aromatic N) is 2. The molecule has 0 N–H and O–H groups in total. The zero-order valence-electron chi connectivity index (χ0n) is 13.9. The summed E-state index contributed by atoms with van der Waals surface area (Å²) < 4.78 is 0.827. The summed E-state index contributed by atoms with van der Waals surface area (Å²) in [5.41, 5.74) is 1.47. The van der Waals surface area contributed by atoms with Crippen molar-refractivity contribution in [1.82, 2.24) is 9.80 Å². The number of halogens is 3. The van der Waals surface area contributed by atoms with Gasteiger partial charge in [-0.25, -0.2) is 0 Å². The van der Waals surface area contributed by atoms with Gasteiger partial charge in [-0.3, -0.25) is 9.59 Å². The number of carbonyl (C=O) groups excluding carboxylic acids is 2. The first-order valence-corrected chi connectivity index (χ1v) is 9.75. The van der Waals surface area contributed by atoms with Crippen LogP contribution in [-0.4, -0.2) is 47.8 Å². The molecule has 0 spiro atoms. The van der Waals surface area contributed by atoms with Crippen molar-refractivity contribution in [2.45, 2.75) is 6.42 Å². The summed E-state index contributed by atoms with van der Waals surface area (Å²) >= 11 is 15.3. The highest BCUT2D eigenvalue weighted by Gasteiger charge is 2.25. The Morgan fingerprint density at radius 1 is 0.923 bits per heavy atom. The van der Waals surface area contributed by atoms with Crippen LogP contribution in [0.2, 0.25) is 10.0 Å². The molecule has 1 aliphatic rings. The Labute approximate surface area is 170 Å². The van der Waals surface area contributed by atoms with E-state index in [1.165, 1.54) is 0 Å². The molecule has 0 aromatic heterocycles. The van der Waals surface area contributed by atoms with Gasteiger partial charge < -0.3 is 9.80 Å². The fourth-order valence-electron chi connectivity index (χ4n) is 2.90. The molecule has 4 nitrogen and oxygen atoms in total. The maximum Gasteiger partial charge on any atom is 0.254 e. The van der Waals surface area contributed by atoms with Crippen molar-refractivity contribution >= 4 is 50.9 Å². The minimum absolute atomic E-state index is 0.0443. The highest BCUT2D eigenvalue weighted by molar-refractivity contribution is 9.10. The SMILES string of the molecule is O=C(Cc1ccc(Cl)cc1Br)N1CCN(C(=O)c2cccc(Cl)c2)CC1. The molecule has 0 saturated carbocycles. The quantitative estimate of drug-likeness (QED) is 0.692. The highest BCUT2D eigenvalue weighted by atomic mass is 79.9. The van der Waals surface area contributed by atoms with Gasteiger partial charge in [0.25, 0.3) is 5.91 Å². The molecule has 0 aliphatic carbocycles. The molecule has 0 radical (unpaired) electrons. The van der Waals surface area contributed by atoms with Crippen molar-refractivity contribution in [2.24, 2.45) is 0 Å². The van der Waals surface area contributed by atoms with E-state index < -0.39 is 0 Å². The van der Waals surface area contributed by atoms with Crippen LogP contribution in [0.1, 0.15) is 15.9 Å². The van der Waals surface area contributed by atoms with E-state index in [-0.39, 0.29) is 11.8 Å². The van der Waals surface area contributed by atoms with Gasteiger partial charge in [-0.2, -0.15) is 0 Å². The Bertz CT molecular complexity index is 836. The Morgan fingerprint density at radius 2 is 1.58 bits per heavy atom. The predicted octanol–water partition coefficient (Wildman–Crippen LogP) is 4.28. The Kier molecular flexibility index (Phi) is 6.22. The molecule has 0 atom stereocenters. The molecule has 2 amide bonds. The lowest BCUT2D eigenvalue weighted by Crippen LogP contribution is -2.51. The van der Waals surface area contributed by atoms with Crippen LogP contribution < -0.4 is 0 Å². The third-order valence-corrected chi connectivity index (χ3v) is 5.56. The van der Waals surface area contributed by atoms with Crippen LogP contribution in [0.25, 0.3) is 0 Å². The van der Waals surface area contributed by atoms with Crippen LogP contribution in [0.4, 0.5) is 0 Å². The summed E-state index contributed by atoms with van der Waals surface area (Å²) in [5.74, 6) is -0.0112. The molecule has 3 rings (SSSR count).